The summed E-state index contributed by atoms with van der Waals surface area (Å²) in [6.07, 6.45) is 14.7. The molecule has 0 heterocycles. The maximum Gasteiger partial charge on any atom is 0.0541 e. The molecule has 3 N–H and O–H groups in total. The Hall–Kier alpha value is -0.520. The van der Waals surface area contributed by atoms with Crippen LogP contribution < -0.4 is 5.73 Å². The fourth-order valence-corrected chi connectivity index (χ4v) is 4.81. The predicted octanol–water partition coefficient (Wildman–Crippen LogP) is 3.86. The maximum atomic E-state index is 9.56. The largest absolute Gasteiger partial charge is 0.393 e. The first-order valence-corrected chi connectivity index (χ1v) is 9.65. The Morgan fingerprint density at radius 1 is 0.591 bits per heavy atom. The molecule has 3 fully saturated rings. The van der Waals surface area contributed by atoms with Gasteiger partial charge in [0.05, 0.1) is 6.10 Å². The molecule has 0 aliphatic heterocycles. The number of hydrogen-bond donors (Lipinski definition) is 2. The Balaban J connectivity index is 1.40. The van der Waals surface area contributed by atoms with Crippen molar-refractivity contribution >= 4 is 0 Å². The predicted molar refractivity (Wildman–Crippen MR) is 91.1 cm³/mol. The van der Waals surface area contributed by atoms with Gasteiger partial charge in [0, 0.05) is 17.9 Å². The third-order valence-electron chi connectivity index (χ3n) is 6.44. The summed E-state index contributed by atoms with van der Waals surface area (Å²) in [4.78, 5) is 0. The molecule has 22 heavy (non-hydrogen) atoms. The van der Waals surface area contributed by atoms with Crippen LogP contribution in [0.4, 0.5) is 0 Å². The van der Waals surface area contributed by atoms with Crippen LogP contribution in [0.15, 0.2) is 0 Å². The summed E-state index contributed by atoms with van der Waals surface area (Å²) in [5.74, 6) is 10.2. The Morgan fingerprint density at radius 3 is 1.50 bits per heavy atom. The lowest BCUT2D eigenvalue weighted by Crippen LogP contribution is -2.31. The van der Waals surface area contributed by atoms with Crippen LogP contribution in [0.2, 0.25) is 0 Å². The number of rotatable bonds is 1. The summed E-state index contributed by atoms with van der Waals surface area (Å²) in [6.45, 7) is 0. The molecule has 0 atom stereocenters. The van der Waals surface area contributed by atoms with Crippen molar-refractivity contribution < 1.29 is 5.11 Å². The van der Waals surface area contributed by atoms with Gasteiger partial charge in [-0.2, -0.15) is 0 Å². The highest BCUT2D eigenvalue weighted by molar-refractivity contribution is 5.09. The van der Waals surface area contributed by atoms with Gasteiger partial charge in [0.2, 0.25) is 0 Å². The summed E-state index contributed by atoms with van der Waals surface area (Å²) in [5.41, 5.74) is 6.03. The molecule has 0 spiro atoms. The maximum absolute atomic E-state index is 9.56. The van der Waals surface area contributed by atoms with Crippen molar-refractivity contribution in [3.05, 3.63) is 0 Å². The Bertz CT molecular complexity index is 386. The van der Waals surface area contributed by atoms with Crippen LogP contribution in [0.1, 0.15) is 77.0 Å². The number of aliphatic hydroxyl groups is 1. The summed E-state index contributed by atoms with van der Waals surface area (Å²) in [6, 6.07) is 0.479. The molecule has 124 valence electrons. The lowest BCUT2D eigenvalue weighted by atomic mass is 9.70. The second-order valence-corrected chi connectivity index (χ2v) is 8.08. The van der Waals surface area contributed by atoms with E-state index in [0.29, 0.717) is 17.9 Å². The van der Waals surface area contributed by atoms with Crippen molar-refractivity contribution in [3.63, 3.8) is 0 Å². The molecule has 0 bridgehead atoms. The van der Waals surface area contributed by atoms with E-state index in [0.717, 1.165) is 37.5 Å². The number of nitrogens with two attached hydrogens (primary N) is 1. The lowest BCUT2D eigenvalue weighted by molar-refractivity contribution is 0.119. The van der Waals surface area contributed by atoms with E-state index in [-0.39, 0.29) is 6.10 Å². The Labute approximate surface area is 136 Å². The average molecular weight is 303 g/mol. The van der Waals surface area contributed by atoms with Crippen molar-refractivity contribution in [2.75, 3.05) is 0 Å². The first-order valence-electron chi connectivity index (χ1n) is 9.65. The molecule has 0 unspecified atom stereocenters. The van der Waals surface area contributed by atoms with Crippen LogP contribution in [-0.2, 0) is 0 Å². The standard InChI is InChI=1S/C20H33NO/c21-19-11-9-18(10-12-19)17-7-3-15(4-8-17)1-2-16-5-13-20(22)14-6-16/h15-20,22H,3-14,21H2. The zero-order valence-electron chi connectivity index (χ0n) is 14.0. The molecular formula is C20H33NO. The summed E-state index contributed by atoms with van der Waals surface area (Å²) in [7, 11) is 0. The zero-order chi connectivity index (χ0) is 15.4. The second-order valence-electron chi connectivity index (χ2n) is 8.08. The van der Waals surface area contributed by atoms with Crippen LogP contribution in [0, 0.1) is 35.5 Å². The van der Waals surface area contributed by atoms with Gasteiger partial charge in [-0.15, -0.1) is 0 Å². The molecule has 3 rings (SSSR count). The molecule has 3 aliphatic carbocycles. The zero-order valence-corrected chi connectivity index (χ0v) is 14.0. The smallest absolute Gasteiger partial charge is 0.0541 e. The normalized spacial score (nSPS) is 43.2. The molecule has 0 amide bonds. The van der Waals surface area contributed by atoms with Crippen LogP contribution in [0.5, 0.6) is 0 Å². The third kappa shape index (κ3) is 4.49. The van der Waals surface area contributed by atoms with Crippen molar-refractivity contribution in [2.24, 2.45) is 29.4 Å². The minimum Gasteiger partial charge on any atom is -0.393 e. The molecule has 0 aromatic rings. The van der Waals surface area contributed by atoms with Crippen molar-refractivity contribution in [2.45, 2.75) is 89.2 Å². The van der Waals surface area contributed by atoms with E-state index in [4.69, 9.17) is 5.73 Å². The van der Waals surface area contributed by atoms with Gasteiger partial charge in [-0.05, 0) is 88.9 Å². The molecule has 0 saturated heterocycles. The number of hydrogen-bond acceptors (Lipinski definition) is 2. The SMILES string of the molecule is NC1CCC(C2CCC(C#CC3CCC(O)CC3)CC2)CC1. The molecule has 0 radical (unpaired) electrons. The van der Waals surface area contributed by atoms with E-state index >= 15 is 0 Å². The third-order valence-corrected chi connectivity index (χ3v) is 6.44. The van der Waals surface area contributed by atoms with Gasteiger partial charge < -0.3 is 10.8 Å². The van der Waals surface area contributed by atoms with Gasteiger partial charge in [-0.3, -0.25) is 0 Å². The highest BCUT2D eigenvalue weighted by Crippen LogP contribution is 2.39. The molecular weight excluding hydrogens is 270 g/mol. The molecule has 0 aromatic carbocycles. The number of aliphatic hydroxyl groups excluding tert-OH is 1. The van der Waals surface area contributed by atoms with E-state index in [1.54, 1.807) is 0 Å². The van der Waals surface area contributed by atoms with Crippen LogP contribution in [0.3, 0.4) is 0 Å². The molecule has 2 nitrogen and oxygen atoms in total. The highest BCUT2D eigenvalue weighted by Gasteiger charge is 2.29. The average Bonchev–Trinajstić information content (AvgIpc) is 2.56. The van der Waals surface area contributed by atoms with E-state index in [2.05, 4.69) is 11.8 Å². The second kappa shape index (κ2) is 7.84. The summed E-state index contributed by atoms with van der Waals surface area (Å²) >= 11 is 0. The van der Waals surface area contributed by atoms with Crippen molar-refractivity contribution in [3.8, 4) is 11.8 Å². The highest BCUT2D eigenvalue weighted by atomic mass is 16.3. The van der Waals surface area contributed by atoms with E-state index in [9.17, 15) is 5.11 Å². The quantitative estimate of drug-likeness (QED) is 0.722. The monoisotopic (exact) mass is 303 g/mol. The van der Waals surface area contributed by atoms with E-state index < -0.39 is 0 Å². The summed E-state index contributed by atoms with van der Waals surface area (Å²) in [5, 5.41) is 9.56. The van der Waals surface area contributed by atoms with E-state index in [1.807, 2.05) is 0 Å². The Morgan fingerprint density at radius 2 is 1.00 bits per heavy atom. The van der Waals surface area contributed by atoms with Crippen LogP contribution >= 0.6 is 0 Å². The molecule has 0 aromatic heterocycles. The first kappa shape index (κ1) is 16.3. The van der Waals surface area contributed by atoms with Gasteiger partial charge in [0.25, 0.3) is 0 Å². The van der Waals surface area contributed by atoms with Crippen LogP contribution in [0.25, 0.3) is 0 Å². The van der Waals surface area contributed by atoms with Crippen molar-refractivity contribution in [1.29, 1.82) is 0 Å². The first-order chi connectivity index (χ1) is 10.7. The lowest BCUT2D eigenvalue weighted by Gasteiger charge is -2.36. The van der Waals surface area contributed by atoms with Gasteiger partial charge in [-0.25, -0.2) is 0 Å². The van der Waals surface area contributed by atoms with Gasteiger partial charge >= 0.3 is 0 Å². The summed E-state index contributed by atoms with van der Waals surface area (Å²) < 4.78 is 0. The minimum absolute atomic E-state index is 0.0582. The molecule has 3 aliphatic rings. The van der Waals surface area contributed by atoms with E-state index in [1.165, 1.54) is 51.4 Å². The topological polar surface area (TPSA) is 46.2 Å². The van der Waals surface area contributed by atoms with Crippen molar-refractivity contribution in [1.82, 2.24) is 0 Å². The fourth-order valence-electron chi connectivity index (χ4n) is 4.81. The van der Waals surface area contributed by atoms with Gasteiger partial charge in [0.1, 0.15) is 0 Å². The van der Waals surface area contributed by atoms with Gasteiger partial charge in [0.15, 0.2) is 0 Å². The fraction of sp³-hybridized carbons (Fsp3) is 0.900. The molecule has 2 heteroatoms. The van der Waals surface area contributed by atoms with Crippen LogP contribution in [-0.4, -0.2) is 17.3 Å². The minimum atomic E-state index is -0.0582. The Kier molecular flexibility index (Phi) is 5.83. The molecule has 3 saturated carbocycles. The van der Waals surface area contributed by atoms with Gasteiger partial charge in [-0.1, -0.05) is 11.8 Å².